The summed E-state index contributed by atoms with van der Waals surface area (Å²) in [5.41, 5.74) is -0.574. The Hall–Kier alpha value is -3.25. The second-order valence-corrected chi connectivity index (χ2v) is 16.2. The molecule has 0 aliphatic heterocycles. The maximum absolute atomic E-state index is 13.6. The number of hydrogen-bond donors (Lipinski definition) is 2. The van der Waals surface area contributed by atoms with Gasteiger partial charge in [-0.25, -0.2) is 9.97 Å². The highest BCUT2D eigenvalue weighted by Gasteiger charge is 2.37. The molecule has 3 heterocycles. The van der Waals surface area contributed by atoms with Crippen LogP contribution in [-0.4, -0.2) is 52.3 Å². The molecule has 0 radical (unpaired) electrons. The van der Waals surface area contributed by atoms with Crippen LogP contribution in [0.5, 0.6) is 5.88 Å². The van der Waals surface area contributed by atoms with E-state index in [0.717, 1.165) is 6.04 Å². The highest BCUT2D eigenvalue weighted by molar-refractivity contribution is 6.76. The largest absolute Gasteiger partial charge is 0.481 e. The van der Waals surface area contributed by atoms with Crippen molar-refractivity contribution in [2.24, 2.45) is 5.41 Å². The molecule has 0 amide bonds. The number of nitrogens with one attached hydrogen (secondary N) is 1. The molecule has 37 heavy (non-hydrogen) atoms. The van der Waals surface area contributed by atoms with Gasteiger partial charge in [-0.05, 0) is 38.1 Å². The lowest BCUT2D eigenvalue weighted by Gasteiger charge is -2.18. The number of carboxylic acids is 1. The predicted molar refractivity (Wildman–Crippen MR) is 135 cm³/mol. The van der Waals surface area contributed by atoms with Crippen LogP contribution >= 0.6 is 0 Å². The smallest absolute Gasteiger partial charge is 0.435 e. The Labute approximate surface area is 214 Å². The fourth-order valence-electron chi connectivity index (χ4n) is 3.08. The number of pyridine rings is 2. The standard InChI is InChI=1S/C25H31F3N4O4Si/c1-24(2,23(33)34)15-36-20-9-7-16(12-30-20)18-8-6-17(13-29-18)22-31-19(21(32-22)25(26,27)28)14-35-10-11-37(3,4)5/h6-9,12-13H,10-11,14-15H2,1-5H3,(H,31,32)(H,33,34). The highest BCUT2D eigenvalue weighted by Crippen LogP contribution is 2.33. The van der Waals surface area contributed by atoms with E-state index in [0.29, 0.717) is 23.4 Å². The Morgan fingerprint density at radius 3 is 2.27 bits per heavy atom. The molecule has 0 fully saturated rings. The number of H-pyrrole nitrogens is 1. The Balaban J connectivity index is 1.71. The van der Waals surface area contributed by atoms with Crippen molar-refractivity contribution in [2.45, 2.75) is 52.3 Å². The summed E-state index contributed by atoms with van der Waals surface area (Å²) in [6.07, 6.45) is -1.66. The molecule has 12 heteroatoms. The lowest BCUT2D eigenvalue weighted by Crippen LogP contribution is -2.30. The second kappa shape index (κ2) is 11.0. The average Bonchev–Trinajstić information content (AvgIpc) is 3.25. The maximum atomic E-state index is 13.6. The molecule has 0 saturated carbocycles. The minimum atomic E-state index is -4.62. The quantitative estimate of drug-likeness (QED) is 0.232. The molecule has 200 valence electrons. The van der Waals surface area contributed by atoms with Gasteiger partial charge in [0, 0.05) is 44.3 Å². The van der Waals surface area contributed by atoms with E-state index < -0.39 is 31.3 Å². The molecular formula is C25H31F3N4O4Si. The van der Waals surface area contributed by atoms with Crippen molar-refractivity contribution in [1.82, 2.24) is 19.9 Å². The third-order valence-corrected chi connectivity index (χ3v) is 7.22. The van der Waals surface area contributed by atoms with Crippen LogP contribution in [0.15, 0.2) is 36.7 Å². The molecule has 0 aliphatic carbocycles. The number of carbonyl (C=O) groups is 1. The third kappa shape index (κ3) is 7.86. The summed E-state index contributed by atoms with van der Waals surface area (Å²) >= 11 is 0. The van der Waals surface area contributed by atoms with E-state index in [9.17, 15) is 23.1 Å². The third-order valence-electron chi connectivity index (χ3n) is 5.52. The first-order chi connectivity index (χ1) is 17.2. The maximum Gasteiger partial charge on any atom is 0.435 e. The zero-order valence-corrected chi connectivity index (χ0v) is 22.4. The lowest BCUT2D eigenvalue weighted by atomic mass is 9.95. The van der Waals surface area contributed by atoms with Crippen LogP contribution in [0.4, 0.5) is 13.2 Å². The minimum absolute atomic E-state index is 0.0456. The van der Waals surface area contributed by atoms with Gasteiger partial charge in [0.1, 0.15) is 12.4 Å². The molecule has 0 saturated heterocycles. The molecule has 0 unspecified atom stereocenters. The van der Waals surface area contributed by atoms with Crippen LogP contribution in [0.2, 0.25) is 25.7 Å². The number of carboxylic acid groups (broad SMARTS) is 1. The average molecular weight is 537 g/mol. The van der Waals surface area contributed by atoms with Crippen LogP contribution in [0.3, 0.4) is 0 Å². The number of aromatic amines is 1. The zero-order valence-electron chi connectivity index (χ0n) is 21.4. The molecule has 3 aromatic rings. The van der Waals surface area contributed by atoms with Crippen molar-refractivity contribution in [3.05, 3.63) is 48.0 Å². The summed E-state index contributed by atoms with van der Waals surface area (Å²) in [6, 6.07) is 7.43. The monoisotopic (exact) mass is 536 g/mol. The van der Waals surface area contributed by atoms with Crippen molar-refractivity contribution in [2.75, 3.05) is 13.2 Å². The summed E-state index contributed by atoms with van der Waals surface area (Å²) < 4.78 is 51.7. The van der Waals surface area contributed by atoms with Gasteiger partial charge in [0.05, 0.1) is 23.4 Å². The van der Waals surface area contributed by atoms with Crippen LogP contribution in [0.1, 0.15) is 25.2 Å². The first-order valence-corrected chi connectivity index (χ1v) is 15.4. The van der Waals surface area contributed by atoms with Gasteiger partial charge in [0.25, 0.3) is 0 Å². The predicted octanol–water partition coefficient (Wildman–Crippen LogP) is 5.90. The van der Waals surface area contributed by atoms with Gasteiger partial charge in [-0.15, -0.1) is 0 Å². The van der Waals surface area contributed by atoms with E-state index >= 15 is 0 Å². The van der Waals surface area contributed by atoms with E-state index in [1.165, 1.54) is 12.4 Å². The van der Waals surface area contributed by atoms with Gasteiger partial charge in [-0.2, -0.15) is 13.2 Å². The van der Waals surface area contributed by atoms with Crippen LogP contribution in [0.25, 0.3) is 22.6 Å². The molecule has 8 nitrogen and oxygen atoms in total. The number of aromatic nitrogens is 4. The fourth-order valence-corrected chi connectivity index (χ4v) is 3.83. The molecule has 0 atom stereocenters. The molecule has 3 aromatic heterocycles. The van der Waals surface area contributed by atoms with Crippen molar-refractivity contribution in [3.63, 3.8) is 0 Å². The molecule has 3 rings (SSSR count). The normalized spacial score (nSPS) is 12.5. The van der Waals surface area contributed by atoms with Gasteiger partial charge < -0.3 is 19.6 Å². The van der Waals surface area contributed by atoms with Gasteiger partial charge in [-0.1, -0.05) is 19.6 Å². The lowest BCUT2D eigenvalue weighted by molar-refractivity contribution is -0.148. The van der Waals surface area contributed by atoms with Gasteiger partial charge in [0.15, 0.2) is 5.69 Å². The number of hydrogen-bond acceptors (Lipinski definition) is 6. The first kappa shape index (κ1) is 28.3. The molecule has 0 aromatic carbocycles. The van der Waals surface area contributed by atoms with E-state index in [1.807, 2.05) is 0 Å². The summed E-state index contributed by atoms with van der Waals surface area (Å²) in [4.78, 5) is 26.2. The zero-order chi connectivity index (χ0) is 27.4. The number of ether oxygens (including phenoxy) is 2. The van der Waals surface area contributed by atoms with Crippen molar-refractivity contribution < 1.29 is 32.5 Å². The summed E-state index contributed by atoms with van der Waals surface area (Å²) in [5.74, 6) is -0.656. The number of alkyl halides is 3. The Kier molecular flexibility index (Phi) is 8.43. The van der Waals surface area contributed by atoms with E-state index in [4.69, 9.17) is 9.47 Å². The van der Waals surface area contributed by atoms with Crippen molar-refractivity contribution in [3.8, 4) is 28.5 Å². The fraction of sp³-hybridized carbons (Fsp3) is 0.440. The summed E-state index contributed by atoms with van der Waals surface area (Å²) in [5, 5.41) is 9.17. The highest BCUT2D eigenvalue weighted by atomic mass is 28.3. The molecule has 2 N–H and O–H groups in total. The number of halogens is 3. The number of aliphatic carboxylic acids is 1. The van der Waals surface area contributed by atoms with E-state index in [1.54, 1.807) is 38.1 Å². The Morgan fingerprint density at radius 2 is 1.73 bits per heavy atom. The minimum Gasteiger partial charge on any atom is -0.481 e. The number of imidazole rings is 1. The van der Waals surface area contributed by atoms with Crippen LogP contribution < -0.4 is 4.74 Å². The van der Waals surface area contributed by atoms with Gasteiger partial charge in [-0.3, -0.25) is 9.78 Å². The first-order valence-electron chi connectivity index (χ1n) is 11.7. The molecule has 0 aliphatic rings. The second-order valence-electron chi connectivity index (χ2n) is 10.6. The van der Waals surface area contributed by atoms with Crippen LogP contribution in [0, 0.1) is 5.41 Å². The van der Waals surface area contributed by atoms with Gasteiger partial charge in [0.2, 0.25) is 5.88 Å². The van der Waals surface area contributed by atoms with Crippen molar-refractivity contribution in [1.29, 1.82) is 0 Å². The topological polar surface area (TPSA) is 110 Å². The van der Waals surface area contributed by atoms with Gasteiger partial charge >= 0.3 is 12.1 Å². The number of rotatable bonds is 11. The summed E-state index contributed by atoms with van der Waals surface area (Å²) in [6.45, 7) is 9.76. The SMILES string of the molecule is CC(C)(COc1ccc(-c2ccc(-c3nc(C(F)(F)F)c(COCC[Si](C)(C)C)[nH]3)cn2)cn1)C(=O)O. The summed E-state index contributed by atoms with van der Waals surface area (Å²) in [7, 11) is -1.36. The van der Waals surface area contributed by atoms with E-state index in [2.05, 4.69) is 39.6 Å². The Bertz CT molecular complexity index is 1200. The Morgan fingerprint density at radius 1 is 1.05 bits per heavy atom. The number of nitrogens with zero attached hydrogens (tertiary/aromatic N) is 3. The molecule has 0 spiro atoms. The van der Waals surface area contributed by atoms with Crippen LogP contribution in [-0.2, 0) is 22.3 Å². The van der Waals surface area contributed by atoms with Crippen molar-refractivity contribution >= 4 is 14.0 Å². The molecular weight excluding hydrogens is 505 g/mol. The van der Waals surface area contributed by atoms with E-state index in [-0.39, 0.29) is 30.6 Å². The molecule has 0 bridgehead atoms.